The lowest BCUT2D eigenvalue weighted by atomic mass is 9.59. The Hall–Kier alpha value is -1.44. The lowest BCUT2D eigenvalue weighted by Gasteiger charge is -2.47. The van der Waals surface area contributed by atoms with Crippen LogP contribution in [0, 0.1) is 29.6 Å². The molecule has 0 amide bonds. The van der Waals surface area contributed by atoms with Crippen LogP contribution in [0.1, 0.15) is 66.7 Å². The zero-order valence-electron chi connectivity index (χ0n) is 20.6. The number of esters is 2. The lowest BCUT2D eigenvalue weighted by molar-refractivity contribution is -0.204. The highest BCUT2D eigenvalue weighted by molar-refractivity contribution is 5.69. The molecule has 3 saturated heterocycles. The minimum atomic E-state index is -0.920. The molecular formula is C26H40O7. The molecule has 4 rings (SSSR count). The second-order valence-electron chi connectivity index (χ2n) is 11.0. The summed E-state index contributed by atoms with van der Waals surface area (Å²) in [6, 6.07) is 0. The largest absolute Gasteiger partial charge is 0.462 e. The molecule has 3 aliphatic heterocycles. The summed E-state index contributed by atoms with van der Waals surface area (Å²) in [4.78, 5) is 24.6. The number of carbonyl (C=O) groups is 2. The van der Waals surface area contributed by atoms with E-state index in [9.17, 15) is 14.7 Å². The summed E-state index contributed by atoms with van der Waals surface area (Å²) >= 11 is 0. The van der Waals surface area contributed by atoms with Gasteiger partial charge in [0.15, 0.2) is 0 Å². The Labute approximate surface area is 197 Å². The van der Waals surface area contributed by atoms with Gasteiger partial charge in [-0.25, -0.2) is 0 Å². The molecule has 4 aliphatic rings. The van der Waals surface area contributed by atoms with Crippen molar-refractivity contribution in [2.24, 2.45) is 29.6 Å². The number of hydrogen-bond acceptors (Lipinski definition) is 7. The van der Waals surface area contributed by atoms with Gasteiger partial charge in [-0.1, -0.05) is 27.4 Å². The Balaban J connectivity index is 1.79. The van der Waals surface area contributed by atoms with Crippen molar-refractivity contribution in [3.8, 4) is 0 Å². The quantitative estimate of drug-likeness (QED) is 0.503. The minimum Gasteiger partial charge on any atom is -0.462 e. The number of fused-ring (bicyclic) bond motifs is 2. The van der Waals surface area contributed by atoms with Crippen molar-refractivity contribution in [3.05, 3.63) is 12.2 Å². The van der Waals surface area contributed by atoms with Gasteiger partial charge in [-0.2, -0.15) is 0 Å². The van der Waals surface area contributed by atoms with Gasteiger partial charge in [0.05, 0.1) is 24.9 Å². The van der Waals surface area contributed by atoms with Crippen LogP contribution in [0.5, 0.6) is 0 Å². The number of rotatable bonds is 4. The van der Waals surface area contributed by atoms with Crippen LogP contribution in [0.2, 0.25) is 0 Å². The van der Waals surface area contributed by atoms with E-state index >= 15 is 0 Å². The third-order valence-electron chi connectivity index (χ3n) is 8.62. The molecule has 33 heavy (non-hydrogen) atoms. The van der Waals surface area contributed by atoms with Gasteiger partial charge in [0.25, 0.3) is 0 Å². The van der Waals surface area contributed by atoms with Gasteiger partial charge in [-0.15, -0.1) is 0 Å². The zero-order chi connectivity index (χ0) is 24.1. The molecule has 0 spiro atoms. The molecule has 3 heterocycles. The summed E-state index contributed by atoms with van der Waals surface area (Å²) in [6.45, 7) is 14.4. The fourth-order valence-electron chi connectivity index (χ4n) is 6.94. The van der Waals surface area contributed by atoms with E-state index in [1.165, 1.54) is 6.92 Å². The van der Waals surface area contributed by atoms with E-state index in [2.05, 4.69) is 20.4 Å². The summed E-state index contributed by atoms with van der Waals surface area (Å²) in [6.07, 6.45) is 0.448. The fourth-order valence-corrected chi connectivity index (χ4v) is 6.94. The first-order chi connectivity index (χ1) is 15.6. The van der Waals surface area contributed by atoms with Crippen molar-refractivity contribution in [2.75, 3.05) is 6.61 Å². The second-order valence-corrected chi connectivity index (χ2v) is 11.0. The van der Waals surface area contributed by atoms with E-state index in [1.807, 2.05) is 13.8 Å². The summed E-state index contributed by atoms with van der Waals surface area (Å²) in [5.74, 6) is 0.329. The number of aliphatic hydroxyl groups excluding tert-OH is 1. The normalized spacial score (nSPS) is 47.0. The summed E-state index contributed by atoms with van der Waals surface area (Å²) in [7, 11) is 0. The topological polar surface area (TPSA) is 91.3 Å². The van der Waals surface area contributed by atoms with Crippen LogP contribution in [-0.2, 0) is 28.5 Å². The molecule has 7 nitrogen and oxygen atoms in total. The molecule has 1 aliphatic carbocycles. The van der Waals surface area contributed by atoms with E-state index in [4.69, 9.17) is 18.9 Å². The number of carbonyl (C=O) groups excluding carboxylic acids is 2. The molecule has 0 aromatic carbocycles. The van der Waals surface area contributed by atoms with Crippen LogP contribution >= 0.6 is 0 Å². The van der Waals surface area contributed by atoms with Crippen LogP contribution in [-0.4, -0.2) is 59.8 Å². The molecule has 11 atom stereocenters. The SMILES string of the molecule is C=C1C[C@H]2O[C@H]3[C@H]4[C@@H](C[C@@H](C)[C@@H](OC(=O)CCC)[C@H]42)[C@@H](C)CO[C@@]3(C)[C@H](OC(C)=O)C[C@H]1O. The highest BCUT2D eigenvalue weighted by atomic mass is 16.6. The first-order valence-corrected chi connectivity index (χ1v) is 12.6. The van der Waals surface area contributed by atoms with E-state index < -0.39 is 23.8 Å². The van der Waals surface area contributed by atoms with E-state index in [0.29, 0.717) is 30.9 Å². The average molecular weight is 465 g/mol. The van der Waals surface area contributed by atoms with Crippen molar-refractivity contribution in [1.82, 2.24) is 0 Å². The van der Waals surface area contributed by atoms with Crippen molar-refractivity contribution >= 4 is 11.9 Å². The van der Waals surface area contributed by atoms with Crippen LogP contribution in [0.4, 0.5) is 0 Å². The first-order valence-electron chi connectivity index (χ1n) is 12.6. The molecule has 0 radical (unpaired) electrons. The van der Waals surface area contributed by atoms with Gasteiger partial charge >= 0.3 is 11.9 Å². The Kier molecular flexibility index (Phi) is 6.96. The fraction of sp³-hybridized carbons (Fsp3) is 0.846. The van der Waals surface area contributed by atoms with Crippen molar-refractivity contribution < 1.29 is 33.6 Å². The molecular weight excluding hydrogens is 424 g/mol. The molecule has 0 unspecified atom stereocenters. The molecule has 2 bridgehead atoms. The summed E-state index contributed by atoms with van der Waals surface area (Å²) in [5.41, 5.74) is -0.266. The van der Waals surface area contributed by atoms with Gasteiger partial charge in [0.1, 0.15) is 17.8 Å². The van der Waals surface area contributed by atoms with E-state index in [-0.39, 0.29) is 54.4 Å². The zero-order valence-corrected chi connectivity index (χ0v) is 20.6. The smallest absolute Gasteiger partial charge is 0.306 e. The maximum atomic E-state index is 12.6. The first kappa shape index (κ1) is 24.7. The molecule has 0 aromatic rings. The van der Waals surface area contributed by atoms with Crippen molar-refractivity contribution in [1.29, 1.82) is 0 Å². The highest BCUT2D eigenvalue weighted by Crippen LogP contribution is 2.58. The van der Waals surface area contributed by atoms with Gasteiger partial charge in [-0.3, -0.25) is 9.59 Å². The van der Waals surface area contributed by atoms with Gasteiger partial charge in [0, 0.05) is 31.6 Å². The van der Waals surface area contributed by atoms with Gasteiger partial charge < -0.3 is 24.1 Å². The highest BCUT2D eigenvalue weighted by Gasteiger charge is 2.65. The van der Waals surface area contributed by atoms with Crippen LogP contribution in [0.15, 0.2) is 12.2 Å². The predicted octanol–water partition coefficient (Wildman–Crippen LogP) is 3.42. The maximum absolute atomic E-state index is 12.6. The van der Waals surface area contributed by atoms with E-state index in [1.54, 1.807) is 0 Å². The summed E-state index contributed by atoms with van der Waals surface area (Å²) < 4.78 is 25.2. The Bertz CT molecular complexity index is 781. The number of aliphatic hydroxyl groups is 1. The molecule has 186 valence electrons. The number of hydrogen-bond donors (Lipinski definition) is 1. The van der Waals surface area contributed by atoms with Crippen LogP contribution in [0.3, 0.4) is 0 Å². The van der Waals surface area contributed by atoms with Crippen LogP contribution in [0.25, 0.3) is 0 Å². The Morgan fingerprint density at radius 3 is 2.58 bits per heavy atom. The number of ether oxygens (including phenoxy) is 4. The summed E-state index contributed by atoms with van der Waals surface area (Å²) in [5, 5.41) is 10.9. The van der Waals surface area contributed by atoms with Crippen molar-refractivity contribution in [2.45, 2.75) is 103 Å². The molecule has 1 saturated carbocycles. The standard InChI is InChI=1S/C26H40O7/c1-7-8-21(29)33-24-14(3)9-17-15(4)12-30-26(6)20(31-16(5)27)11-18(28)13(2)10-19-23(24)22(17)25(26)32-19/h14-15,17-20,22-25,28H,2,7-12H2,1,3-6H3/t14-,15+,17+,18-,19-,20-,22+,23+,24-,25+,26+/m1/s1. The second kappa shape index (κ2) is 9.31. The average Bonchev–Trinajstić information content (AvgIpc) is 3.08. The third-order valence-corrected chi connectivity index (χ3v) is 8.62. The maximum Gasteiger partial charge on any atom is 0.306 e. The van der Waals surface area contributed by atoms with E-state index in [0.717, 1.165) is 12.8 Å². The third kappa shape index (κ3) is 4.37. The monoisotopic (exact) mass is 464 g/mol. The van der Waals surface area contributed by atoms with Gasteiger partial charge in [0.2, 0.25) is 0 Å². The molecule has 4 fully saturated rings. The molecule has 7 heteroatoms. The molecule has 0 aromatic heterocycles. The Morgan fingerprint density at radius 2 is 1.91 bits per heavy atom. The minimum absolute atomic E-state index is 0.0203. The van der Waals surface area contributed by atoms with Crippen LogP contribution < -0.4 is 0 Å². The van der Waals surface area contributed by atoms with Gasteiger partial charge in [-0.05, 0) is 49.5 Å². The van der Waals surface area contributed by atoms with Crippen molar-refractivity contribution in [3.63, 3.8) is 0 Å². The predicted molar refractivity (Wildman–Crippen MR) is 121 cm³/mol. The molecule has 1 N–H and O–H groups in total. The lowest BCUT2D eigenvalue weighted by Crippen LogP contribution is -2.57. The Morgan fingerprint density at radius 1 is 1.18 bits per heavy atom.